The zero-order valence-corrected chi connectivity index (χ0v) is 21.0. The summed E-state index contributed by atoms with van der Waals surface area (Å²) in [5.74, 6) is 1.67. The molecule has 0 fully saturated rings. The van der Waals surface area contributed by atoms with Gasteiger partial charge in [0.2, 0.25) is 0 Å². The van der Waals surface area contributed by atoms with E-state index < -0.39 is 27.8 Å². The Kier molecular flexibility index (Phi) is 15.8. The van der Waals surface area contributed by atoms with E-state index in [9.17, 15) is 4.57 Å². The second kappa shape index (κ2) is 15.8. The zero-order valence-electron chi connectivity index (χ0n) is 19.2. The Balaban J connectivity index is 4.96. The molecule has 0 saturated carbocycles. The van der Waals surface area contributed by atoms with Crippen LogP contribution in [-0.2, 0) is 23.1 Å². The summed E-state index contributed by atoms with van der Waals surface area (Å²) in [5.41, 5.74) is 0. The number of ether oxygens (including phenoxy) is 2. The summed E-state index contributed by atoms with van der Waals surface area (Å²) in [6.07, 6.45) is 3.90. The Morgan fingerprint density at radius 1 is 1.14 bits per heavy atom. The first-order valence-corrected chi connectivity index (χ1v) is 14.0. The van der Waals surface area contributed by atoms with Crippen molar-refractivity contribution in [3.8, 4) is 0 Å². The Hall–Kier alpha value is 0.00494. The van der Waals surface area contributed by atoms with Crippen LogP contribution in [0.1, 0.15) is 41.0 Å². The number of rotatable bonds is 17. The lowest BCUT2D eigenvalue weighted by atomic mass is 10.0. The lowest BCUT2D eigenvalue weighted by molar-refractivity contribution is -0.0147. The highest BCUT2D eigenvalue weighted by molar-refractivity contribution is 7.65. The van der Waals surface area contributed by atoms with Crippen molar-refractivity contribution in [1.82, 2.24) is 4.67 Å². The van der Waals surface area contributed by atoms with Gasteiger partial charge in [-0.05, 0) is 53.3 Å². The van der Waals surface area contributed by atoms with Crippen molar-refractivity contribution < 1.29 is 23.1 Å². The van der Waals surface area contributed by atoms with Crippen molar-refractivity contribution in [2.45, 2.75) is 65.2 Å². The van der Waals surface area contributed by atoms with Crippen molar-refractivity contribution in [1.29, 1.82) is 0 Å². The monoisotopic (exact) mass is 447 g/mol. The highest BCUT2D eigenvalue weighted by Crippen LogP contribution is 2.46. The molecule has 6 nitrogen and oxygen atoms in total. The molecule has 0 aromatic heterocycles. The number of hydrogen-bond donors (Lipinski definition) is 0. The highest BCUT2D eigenvalue weighted by Gasteiger charge is 2.27. The maximum Gasteiger partial charge on any atom is 0.259 e. The van der Waals surface area contributed by atoms with Crippen LogP contribution in [0, 0.1) is 0 Å². The Bertz CT molecular complexity index is 505. The minimum atomic E-state index is -2.31. The molecule has 0 aliphatic carbocycles. The maximum absolute atomic E-state index is 12.0. The van der Waals surface area contributed by atoms with Crippen LogP contribution in [0.15, 0.2) is 24.5 Å². The molecule has 0 aliphatic rings. The molecule has 3 atom stereocenters. The number of hydrogen-bond acceptors (Lipinski definition) is 6. The Morgan fingerprint density at radius 2 is 1.76 bits per heavy atom. The second-order valence-electron chi connectivity index (χ2n) is 7.75. The molecular weight excluding hydrogens is 407 g/mol. The summed E-state index contributed by atoms with van der Waals surface area (Å²) in [6, 6.07) is -0.107. The van der Waals surface area contributed by atoms with Gasteiger partial charge in [0.05, 0.1) is 32.5 Å². The van der Waals surface area contributed by atoms with Crippen molar-refractivity contribution in [2.75, 3.05) is 39.8 Å². The van der Waals surface area contributed by atoms with Crippen molar-refractivity contribution >= 4 is 23.5 Å². The second-order valence-corrected chi connectivity index (χ2v) is 12.4. The van der Waals surface area contributed by atoms with Gasteiger partial charge in [-0.25, -0.2) is 4.67 Å². The lowest BCUT2D eigenvalue weighted by Gasteiger charge is -2.36. The van der Waals surface area contributed by atoms with Gasteiger partial charge in [0.15, 0.2) is 0 Å². The van der Waals surface area contributed by atoms with Crippen LogP contribution in [0.4, 0.5) is 0 Å². The standard InChI is InChI=1S/C20H40BNO5P2/c1-9-12-24-15-19(11-14-29(7,8)23)27-20(21)16-26-28(25-13-10-2)22(17(3)4)18(5)6/h9,11,14,17-20H,1,10,12-13,15-16H2,2-8H3/b14-11+. The maximum atomic E-state index is 12.0. The molecule has 0 aliphatic heterocycles. The largest absolute Gasteiger partial charge is 0.376 e. The normalized spacial score (nSPS) is 16.1. The predicted octanol–water partition coefficient (Wildman–Crippen LogP) is 4.99. The highest BCUT2D eigenvalue weighted by atomic mass is 31.2. The summed E-state index contributed by atoms with van der Waals surface area (Å²) in [6.45, 7) is 19.1. The molecule has 0 saturated heterocycles. The van der Waals surface area contributed by atoms with Crippen LogP contribution in [-0.4, -0.2) is 76.5 Å². The van der Waals surface area contributed by atoms with E-state index in [4.69, 9.17) is 26.4 Å². The predicted molar refractivity (Wildman–Crippen MR) is 125 cm³/mol. The molecular formula is C20H40BNO5P2. The molecule has 0 aromatic rings. The molecule has 0 aromatic carbocycles. The minimum Gasteiger partial charge on any atom is -0.376 e. The molecule has 0 bridgehead atoms. The van der Waals surface area contributed by atoms with Crippen LogP contribution in [0.2, 0.25) is 0 Å². The van der Waals surface area contributed by atoms with Crippen molar-refractivity contribution in [2.24, 2.45) is 0 Å². The van der Waals surface area contributed by atoms with Gasteiger partial charge >= 0.3 is 0 Å². The average Bonchev–Trinajstić information content (AvgIpc) is 2.60. The molecule has 2 radical (unpaired) electrons. The number of nitrogens with zero attached hydrogens (tertiary/aromatic N) is 1. The third-order valence-electron chi connectivity index (χ3n) is 3.53. The first-order chi connectivity index (χ1) is 13.5. The molecule has 0 N–H and O–H groups in total. The average molecular weight is 447 g/mol. The lowest BCUT2D eigenvalue weighted by Crippen LogP contribution is -2.35. The van der Waals surface area contributed by atoms with Gasteiger partial charge in [0.25, 0.3) is 8.53 Å². The first kappa shape index (κ1) is 29.0. The molecule has 9 heteroatoms. The van der Waals surface area contributed by atoms with Crippen LogP contribution >= 0.6 is 15.7 Å². The van der Waals surface area contributed by atoms with E-state index in [0.717, 1.165) is 6.42 Å². The van der Waals surface area contributed by atoms with E-state index in [1.165, 1.54) is 0 Å². The van der Waals surface area contributed by atoms with Gasteiger partial charge in [0.1, 0.15) is 15.0 Å². The quantitative estimate of drug-likeness (QED) is 0.136. The van der Waals surface area contributed by atoms with Gasteiger partial charge in [-0.15, -0.1) is 6.58 Å². The Labute approximate surface area is 181 Å². The third kappa shape index (κ3) is 14.6. The third-order valence-corrected chi connectivity index (χ3v) is 6.49. The fourth-order valence-corrected chi connectivity index (χ4v) is 4.74. The molecule has 3 unspecified atom stereocenters. The summed E-state index contributed by atoms with van der Waals surface area (Å²) >= 11 is 0. The van der Waals surface area contributed by atoms with Gasteiger partial charge < -0.3 is 23.1 Å². The first-order valence-electron chi connectivity index (χ1n) is 10.2. The molecule has 0 spiro atoms. The smallest absolute Gasteiger partial charge is 0.259 e. The van der Waals surface area contributed by atoms with E-state index in [0.29, 0.717) is 19.8 Å². The molecule has 29 heavy (non-hydrogen) atoms. The summed E-state index contributed by atoms with van der Waals surface area (Å²) in [7, 11) is 2.61. The fraction of sp³-hybridized carbons (Fsp3) is 0.800. The SMILES string of the molecule is [B]C(COP(OCCC)N(C(C)C)C(C)C)OC(/C=C/P(C)(C)=O)COCC=C. The van der Waals surface area contributed by atoms with Crippen LogP contribution in [0.3, 0.4) is 0 Å². The van der Waals surface area contributed by atoms with Gasteiger partial charge in [-0.3, -0.25) is 0 Å². The fourth-order valence-electron chi connectivity index (χ4n) is 2.43. The van der Waals surface area contributed by atoms with E-state index >= 15 is 0 Å². The van der Waals surface area contributed by atoms with E-state index in [1.807, 2.05) is 0 Å². The van der Waals surface area contributed by atoms with E-state index in [1.54, 1.807) is 31.3 Å². The van der Waals surface area contributed by atoms with Gasteiger partial charge in [0, 0.05) is 18.1 Å². The van der Waals surface area contributed by atoms with Crippen LogP contribution < -0.4 is 0 Å². The van der Waals surface area contributed by atoms with E-state index in [2.05, 4.69) is 45.9 Å². The minimum absolute atomic E-state index is 0.188. The topological polar surface area (TPSA) is 57.2 Å². The zero-order chi connectivity index (χ0) is 22.4. The van der Waals surface area contributed by atoms with Crippen LogP contribution in [0.25, 0.3) is 0 Å². The summed E-state index contributed by atoms with van der Waals surface area (Å²) < 4.78 is 37.6. The van der Waals surface area contributed by atoms with E-state index in [-0.39, 0.29) is 18.7 Å². The van der Waals surface area contributed by atoms with Gasteiger partial charge in [-0.1, -0.05) is 19.1 Å². The van der Waals surface area contributed by atoms with Gasteiger partial charge in [-0.2, -0.15) is 0 Å². The molecule has 0 heterocycles. The molecule has 0 amide bonds. The van der Waals surface area contributed by atoms with Crippen molar-refractivity contribution in [3.05, 3.63) is 24.5 Å². The Morgan fingerprint density at radius 3 is 2.24 bits per heavy atom. The molecule has 168 valence electrons. The molecule has 0 rings (SSSR count). The summed E-state index contributed by atoms with van der Waals surface area (Å²) in [5, 5.41) is 0. The summed E-state index contributed by atoms with van der Waals surface area (Å²) in [4.78, 5) is 0. The van der Waals surface area contributed by atoms with Crippen molar-refractivity contribution in [3.63, 3.8) is 0 Å². The van der Waals surface area contributed by atoms with Crippen LogP contribution in [0.5, 0.6) is 0 Å².